The van der Waals surface area contributed by atoms with E-state index in [4.69, 9.17) is 4.52 Å². The molecule has 2 aromatic rings. The van der Waals surface area contributed by atoms with Gasteiger partial charge in [0, 0.05) is 10.5 Å². The highest BCUT2D eigenvalue weighted by Crippen LogP contribution is 2.36. The smallest absolute Gasteiger partial charge is 0.341 e. The number of nitrogens with one attached hydrogen (secondary N) is 1. The van der Waals surface area contributed by atoms with Crippen molar-refractivity contribution in [3.8, 4) is 0 Å². The van der Waals surface area contributed by atoms with E-state index in [2.05, 4.69) is 15.5 Å². The highest BCUT2D eigenvalue weighted by atomic mass is 32.2. The zero-order valence-electron chi connectivity index (χ0n) is 11.6. The molecular formula is C13H12F3N3O2S. The Kier molecular flexibility index (Phi) is 4.74. The fourth-order valence-electron chi connectivity index (χ4n) is 1.64. The van der Waals surface area contributed by atoms with Crippen LogP contribution in [-0.2, 0) is 0 Å². The van der Waals surface area contributed by atoms with Crippen LogP contribution in [0.15, 0.2) is 33.7 Å². The van der Waals surface area contributed by atoms with Gasteiger partial charge in [0.1, 0.15) is 6.04 Å². The zero-order chi connectivity index (χ0) is 16.3. The normalized spacial score (nSPS) is 13.0. The van der Waals surface area contributed by atoms with Crippen LogP contribution in [0.1, 0.15) is 35.0 Å². The molecule has 1 atom stereocenters. The summed E-state index contributed by atoms with van der Waals surface area (Å²) in [7, 11) is 0. The molecule has 22 heavy (non-hydrogen) atoms. The molecule has 0 bridgehead atoms. The van der Waals surface area contributed by atoms with Gasteiger partial charge >= 0.3 is 5.51 Å². The van der Waals surface area contributed by atoms with Crippen molar-refractivity contribution in [2.75, 3.05) is 0 Å². The van der Waals surface area contributed by atoms with Gasteiger partial charge in [-0.3, -0.25) is 4.79 Å². The summed E-state index contributed by atoms with van der Waals surface area (Å²) in [6, 6.07) is 4.64. The van der Waals surface area contributed by atoms with Gasteiger partial charge in [-0.25, -0.2) is 0 Å². The van der Waals surface area contributed by atoms with E-state index in [9.17, 15) is 18.0 Å². The summed E-state index contributed by atoms with van der Waals surface area (Å²) in [4.78, 5) is 16.0. The number of halogens is 3. The predicted octanol–water partition coefficient (Wildman–Crippen LogP) is 3.48. The second-order valence-electron chi connectivity index (χ2n) is 4.45. The average molecular weight is 331 g/mol. The van der Waals surface area contributed by atoms with E-state index in [1.165, 1.54) is 24.3 Å². The number of benzene rings is 1. The van der Waals surface area contributed by atoms with Crippen molar-refractivity contribution in [1.29, 1.82) is 0 Å². The lowest BCUT2D eigenvalue weighted by Crippen LogP contribution is -2.26. The number of thioether (sulfide) groups is 1. The van der Waals surface area contributed by atoms with Crippen LogP contribution in [0.2, 0.25) is 0 Å². The third-order valence-electron chi connectivity index (χ3n) is 2.61. The van der Waals surface area contributed by atoms with Gasteiger partial charge in [0.25, 0.3) is 5.91 Å². The summed E-state index contributed by atoms with van der Waals surface area (Å²) in [6.07, 6.45) is 0. The number of carbonyl (C=O) groups is 1. The highest BCUT2D eigenvalue weighted by molar-refractivity contribution is 8.00. The maximum absolute atomic E-state index is 12.2. The van der Waals surface area contributed by atoms with Crippen molar-refractivity contribution in [2.45, 2.75) is 30.3 Å². The Hall–Kier alpha value is -2.03. The van der Waals surface area contributed by atoms with E-state index in [-0.39, 0.29) is 28.1 Å². The molecule has 0 aliphatic carbocycles. The van der Waals surface area contributed by atoms with Gasteiger partial charge in [0.05, 0.1) is 0 Å². The van der Waals surface area contributed by atoms with Crippen LogP contribution >= 0.6 is 11.8 Å². The summed E-state index contributed by atoms with van der Waals surface area (Å²) >= 11 is -0.230. The van der Waals surface area contributed by atoms with E-state index < -0.39 is 17.5 Å². The molecular weight excluding hydrogens is 319 g/mol. The van der Waals surface area contributed by atoms with Crippen LogP contribution in [0.3, 0.4) is 0 Å². The van der Waals surface area contributed by atoms with Crippen LogP contribution in [0.5, 0.6) is 0 Å². The molecule has 9 heteroatoms. The van der Waals surface area contributed by atoms with Crippen LogP contribution in [0.25, 0.3) is 0 Å². The number of rotatable bonds is 4. The third kappa shape index (κ3) is 4.48. The van der Waals surface area contributed by atoms with Gasteiger partial charge in [-0.2, -0.15) is 18.2 Å². The molecule has 1 aromatic heterocycles. The summed E-state index contributed by atoms with van der Waals surface area (Å²) in [6.45, 7) is 3.32. The Bertz CT molecular complexity index is 655. The first-order valence-electron chi connectivity index (χ1n) is 6.21. The molecule has 1 N–H and O–H groups in total. The second-order valence-corrected chi connectivity index (χ2v) is 5.59. The SMILES string of the molecule is Cc1noc([C@H](C)NC(=O)c2ccc(SC(F)(F)F)cc2)n1. The number of carbonyl (C=O) groups excluding carboxylic acids is 1. The van der Waals surface area contributed by atoms with E-state index in [0.717, 1.165) is 0 Å². The van der Waals surface area contributed by atoms with E-state index in [1.807, 2.05) is 0 Å². The Morgan fingerprint density at radius 1 is 1.32 bits per heavy atom. The van der Waals surface area contributed by atoms with E-state index in [0.29, 0.717) is 5.82 Å². The lowest BCUT2D eigenvalue weighted by atomic mass is 10.2. The number of hydrogen-bond acceptors (Lipinski definition) is 5. The number of alkyl halides is 3. The van der Waals surface area contributed by atoms with E-state index >= 15 is 0 Å². The zero-order valence-corrected chi connectivity index (χ0v) is 12.5. The van der Waals surface area contributed by atoms with Crippen molar-refractivity contribution in [3.63, 3.8) is 0 Å². The molecule has 0 spiro atoms. The molecule has 1 heterocycles. The molecule has 0 aliphatic heterocycles. The summed E-state index contributed by atoms with van der Waals surface area (Å²) in [5, 5.41) is 6.25. The quantitative estimate of drug-likeness (QED) is 0.869. The van der Waals surface area contributed by atoms with Gasteiger partial charge in [0.15, 0.2) is 5.82 Å². The molecule has 5 nitrogen and oxygen atoms in total. The van der Waals surface area contributed by atoms with Gasteiger partial charge < -0.3 is 9.84 Å². The first-order valence-corrected chi connectivity index (χ1v) is 7.03. The average Bonchev–Trinajstić information content (AvgIpc) is 2.84. The van der Waals surface area contributed by atoms with E-state index in [1.54, 1.807) is 13.8 Å². The summed E-state index contributed by atoms with van der Waals surface area (Å²) in [5.41, 5.74) is -4.11. The van der Waals surface area contributed by atoms with Crippen LogP contribution in [-0.4, -0.2) is 21.6 Å². The summed E-state index contributed by atoms with van der Waals surface area (Å²) < 4.78 is 41.6. The number of nitrogens with zero attached hydrogens (tertiary/aromatic N) is 2. The van der Waals surface area contributed by atoms with Crippen molar-refractivity contribution in [3.05, 3.63) is 41.5 Å². The molecule has 1 aromatic carbocycles. The van der Waals surface area contributed by atoms with Crippen molar-refractivity contribution >= 4 is 17.7 Å². The van der Waals surface area contributed by atoms with Gasteiger partial charge in [-0.05, 0) is 49.9 Å². The molecule has 0 fully saturated rings. The standard InChI is InChI=1S/C13H12F3N3O2S/c1-7(12-18-8(2)19-21-12)17-11(20)9-3-5-10(6-4-9)22-13(14,15)16/h3-7H,1-2H3,(H,17,20)/t7-/m0/s1. The number of aromatic nitrogens is 2. The largest absolute Gasteiger partial charge is 0.446 e. The van der Waals surface area contributed by atoms with Crippen LogP contribution in [0.4, 0.5) is 13.2 Å². The van der Waals surface area contributed by atoms with Gasteiger partial charge in [0.2, 0.25) is 5.89 Å². The van der Waals surface area contributed by atoms with Crippen LogP contribution in [0, 0.1) is 6.92 Å². The number of hydrogen-bond donors (Lipinski definition) is 1. The Morgan fingerprint density at radius 2 is 1.95 bits per heavy atom. The first-order chi connectivity index (χ1) is 10.2. The van der Waals surface area contributed by atoms with Crippen molar-refractivity contribution in [1.82, 2.24) is 15.5 Å². The topological polar surface area (TPSA) is 68.0 Å². The molecule has 0 unspecified atom stereocenters. The minimum Gasteiger partial charge on any atom is -0.341 e. The fourth-order valence-corrected chi connectivity index (χ4v) is 2.18. The molecule has 2 rings (SSSR count). The lowest BCUT2D eigenvalue weighted by Gasteiger charge is -2.10. The molecule has 0 saturated carbocycles. The Labute approximate surface area is 128 Å². The van der Waals surface area contributed by atoms with Gasteiger partial charge in [-0.15, -0.1) is 0 Å². The minimum atomic E-state index is -4.35. The highest BCUT2D eigenvalue weighted by Gasteiger charge is 2.29. The molecule has 0 radical (unpaired) electrons. The predicted molar refractivity (Wildman–Crippen MR) is 73.3 cm³/mol. The molecule has 0 aliphatic rings. The maximum atomic E-state index is 12.2. The van der Waals surface area contributed by atoms with Crippen molar-refractivity contribution in [2.24, 2.45) is 0 Å². The summed E-state index contributed by atoms with van der Waals surface area (Å²) in [5.74, 6) is 0.270. The molecule has 118 valence electrons. The third-order valence-corrected chi connectivity index (χ3v) is 3.35. The maximum Gasteiger partial charge on any atom is 0.446 e. The number of amides is 1. The fraction of sp³-hybridized carbons (Fsp3) is 0.308. The molecule has 0 saturated heterocycles. The number of aryl methyl sites for hydroxylation is 1. The second kappa shape index (κ2) is 6.39. The Morgan fingerprint density at radius 3 is 2.45 bits per heavy atom. The monoisotopic (exact) mass is 331 g/mol. The Balaban J connectivity index is 2.00. The van der Waals surface area contributed by atoms with Crippen LogP contribution < -0.4 is 5.32 Å². The minimum absolute atomic E-state index is 0.0182. The first kappa shape index (κ1) is 16.3. The van der Waals surface area contributed by atoms with Crippen molar-refractivity contribution < 1.29 is 22.5 Å². The lowest BCUT2D eigenvalue weighted by molar-refractivity contribution is -0.0328. The van der Waals surface area contributed by atoms with Gasteiger partial charge in [-0.1, -0.05) is 5.16 Å². The molecule has 1 amide bonds.